The molecular formula is C20H20FN7O. The zero-order chi connectivity index (χ0) is 20.4. The molecule has 0 aliphatic carbocycles. The molecule has 0 spiro atoms. The first-order chi connectivity index (χ1) is 14.0. The fourth-order valence-electron chi connectivity index (χ4n) is 3.15. The average molecular weight is 393 g/mol. The topological polar surface area (TPSA) is 104 Å². The largest absolute Gasteiger partial charge is 0.382 e. The fourth-order valence-corrected chi connectivity index (χ4v) is 3.15. The molecule has 1 atom stereocenters. The van der Waals surface area contributed by atoms with E-state index >= 15 is 0 Å². The van der Waals surface area contributed by atoms with Gasteiger partial charge in [0.15, 0.2) is 5.82 Å². The Bertz CT molecular complexity index is 1060. The van der Waals surface area contributed by atoms with E-state index in [4.69, 9.17) is 0 Å². The predicted molar refractivity (Wildman–Crippen MR) is 110 cm³/mol. The Labute approximate surface area is 167 Å². The minimum absolute atomic E-state index is 0.190. The van der Waals surface area contributed by atoms with Crippen molar-refractivity contribution in [3.63, 3.8) is 0 Å². The van der Waals surface area contributed by atoms with Crippen LogP contribution in [-0.4, -0.2) is 26.9 Å². The molecule has 8 nitrogen and oxygen atoms in total. The van der Waals surface area contributed by atoms with Gasteiger partial charge in [-0.2, -0.15) is 4.98 Å². The van der Waals surface area contributed by atoms with Crippen molar-refractivity contribution in [1.29, 1.82) is 0 Å². The molecule has 1 amide bonds. The van der Waals surface area contributed by atoms with Crippen LogP contribution in [-0.2, 0) is 11.2 Å². The molecule has 4 rings (SSSR count). The SMILES string of the molecule is CC(=O)Nc1ccc(Nc2nccc(Nc3ccc4c(c3F)CC(C)N4)n2)cn1. The Balaban J connectivity index is 1.48. The van der Waals surface area contributed by atoms with Crippen molar-refractivity contribution < 1.29 is 9.18 Å². The summed E-state index contributed by atoms with van der Waals surface area (Å²) in [5, 5.41) is 11.9. The van der Waals surface area contributed by atoms with Gasteiger partial charge in [0, 0.05) is 30.4 Å². The quantitative estimate of drug-likeness (QED) is 0.522. The number of carbonyl (C=O) groups excluding carboxylic acids is 1. The van der Waals surface area contributed by atoms with Crippen molar-refractivity contribution in [2.24, 2.45) is 0 Å². The molecule has 0 radical (unpaired) electrons. The summed E-state index contributed by atoms with van der Waals surface area (Å²) >= 11 is 0. The van der Waals surface area contributed by atoms with Crippen LogP contribution in [0.4, 0.5) is 39.0 Å². The van der Waals surface area contributed by atoms with Crippen LogP contribution < -0.4 is 21.3 Å². The molecule has 1 aliphatic rings. The van der Waals surface area contributed by atoms with Crippen LogP contribution in [0.1, 0.15) is 19.4 Å². The Kier molecular flexibility index (Phi) is 4.94. The van der Waals surface area contributed by atoms with Gasteiger partial charge in [-0.15, -0.1) is 0 Å². The number of hydrogen-bond acceptors (Lipinski definition) is 7. The number of amides is 1. The second kappa shape index (κ2) is 7.70. The Hall–Kier alpha value is -3.75. The molecule has 0 bridgehead atoms. The van der Waals surface area contributed by atoms with Gasteiger partial charge in [0.1, 0.15) is 11.6 Å². The van der Waals surface area contributed by atoms with Gasteiger partial charge >= 0.3 is 0 Å². The maximum absolute atomic E-state index is 14.8. The van der Waals surface area contributed by atoms with Crippen molar-refractivity contribution in [3.05, 3.63) is 54.1 Å². The van der Waals surface area contributed by atoms with Crippen LogP contribution >= 0.6 is 0 Å². The van der Waals surface area contributed by atoms with Gasteiger partial charge < -0.3 is 21.3 Å². The summed E-state index contributed by atoms with van der Waals surface area (Å²) in [6.07, 6.45) is 3.78. The predicted octanol–water partition coefficient (Wildman–Crippen LogP) is 3.81. The average Bonchev–Trinajstić information content (AvgIpc) is 3.07. The molecule has 0 saturated carbocycles. The van der Waals surface area contributed by atoms with Gasteiger partial charge in [-0.05, 0) is 43.7 Å². The number of anilines is 6. The second-order valence-electron chi connectivity index (χ2n) is 6.83. The minimum Gasteiger partial charge on any atom is -0.382 e. The first kappa shape index (κ1) is 18.6. The number of pyridine rings is 1. The molecule has 0 fully saturated rings. The lowest BCUT2D eigenvalue weighted by atomic mass is 10.1. The highest BCUT2D eigenvalue weighted by molar-refractivity contribution is 5.87. The highest BCUT2D eigenvalue weighted by atomic mass is 19.1. The van der Waals surface area contributed by atoms with Gasteiger partial charge in [0.05, 0.1) is 17.6 Å². The molecule has 148 valence electrons. The molecule has 2 aromatic heterocycles. The molecule has 4 N–H and O–H groups in total. The van der Waals surface area contributed by atoms with Gasteiger partial charge in [-0.25, -0.2) is 14.4 Å². The lowest BCUT2D eigenvalue weighted by molar-refractivity contribution is -0.114. The smallest absolute Gasteiger partial charge is 0.229 e. The number of aromatic nitrogens is 3. The number of hydrogen-bond donors (Lipinski definition) is 4. The fraction of sp³-hybridized carbons (Fsp3) is 0.200. The number of fused-ring (bicyclic) bond motifs is 1. The molecular weight excluding hydrogens is 373 g/mol. The summed E-state index contributed by atoms with van der Waals surface area (Å²) in [5.41, 5.74) is 2.53. The van der Waals surface area contributed by atoms with Crippen molar-refractivity contribution in [3.8, 4) is 0 Å². The number of rotatable bonds is 5. The third kappa shape index (κ3) is 4.23. The highest BCUT2D eigenvalue weighted by Gasteiger charge is 2.22. The van der Waals surface area contributed by atoms with Crippen molar-refractivity contribution in [2.75, 3.05) is 21.3 Å². The van der Waals surface area contributed by atoms with E-state index in [0.29, 0.717) is 40.9 Å². The van der Waals surface area contributed by atoms with Crippen LogP contribution in [0, 0.1) is 5.82 Å². The van der Waals surface area contributed by atoms with Gasteiger partial charge in [-0.3, -0.25) is 4.79 Å². The molecule has 1 aliphatic heterocycles. The molecule has 29 heavy (non-hydrogen) atoms. The molecule has 9 heteroatoms. The van der Waals surface area contributed by atoms with Crippen LogP contribution in [0.25, 0.3) is 0 Å². The first-order valence-corrected chi connectivity index (χ1v) is 9.16. The zero-order valence-electron chi connectivity index (χ0n) is 16.0. The molecule has 3 heterocycles. The van der Waals surface area contributed by atoms with E-state index in [1.54, 1.807) is 36.7 Å². The minimum atomic E-state index is -0.273. The third-order valence-electron chi connectivity index (χ3n) is 4.40. The number of nitrogens with zero attached hydrogens (tertiary/aromatic N) is 3. The third-order valence-corrected chi connectivity index (χ3v) is 4.40. The van der Waals surface area contributed by atoms with Crippen molar-refractivity contribution in [1.82, 2.24) is 15.0 Å². The Morgan fingerprint density at radius 3 is 2.76 bits per heavy atom. The standard InChI is InChI=1S/C20H20FN7O/c1-11-9-14-15(24-11)4-5-16(19(14)21)27-18-7-8-22-20(28-18)26-13-3-6-17(23-10-13)25-12(2)29/h3-8,10-11,24H,9H2,1-2H3,(H,23,25,29)(H2,22,26,27,28). The van der Waals surface area contributed by atoms with Crippen LogP contribution in [0.2, 0.25) is 0 Å². The van der Waals surface area contributed by atoms with E-state index in [9.17, 15) is 9.18 Å². The lowest BCUT2D eigenvalue weighted by Gasteiger charge is -2.11. The molecule has 3 aromatic rings. The molecule has 1 aromatic carbocycles. The normalized spacial score (nSPS) is 14.7. The van der Waals surface area contributed by atoms with E-state index in [1.165, 1.54) is 6.92 Å². The van der Waals surface area contributed by atoms with Gasteiger partial charge in [0.2, 0.25) is 11.9 Å². The van der Waals surface area contributed by atoms with Gasteiger partial charge in [-0.1, -0.05) is 0 Å². The van der Waals surface area contributed by atoms with Crippen LogP contribution in [0.5, 0.6) is 0 Å². The second-order valence-corrected chi connectivity index (χ2v) is 6.83. The number of nitrogens with one attached hydrogen (secondary N) is 4. The van der Waals surface area contributed by atoms with Gasteiger partial charge in [0.25, 0.3) is 0 Å². The highest BCUT2D eigenvalue weighted by Crippen LogP contribution is 2.33. The summed E-state index contributed by atoms with van der Waals surface area (Å²) in [6.45, 7) is 3.44. The summed E-state index contributed by atoms with van der Waals surface area (Å²) in [7, 11) is 0. The van der Waals surface area contributed by atoms with Crippen LogP contribution in [0.3, 0.4) is 0 Å². The maximum atomic E-state index is 14.8. The molecule has 1 unspecified atom stereocenters. The summed E-state index contributed by atoms with van der Waals surface area (Å²) in [5.74, 6) is 0.786. The summed E-state index contributed by atoms with van der Waals surface area (Å²) < 4.78 is 14.8. The summed E-state index contributed by atoms with van der Waals surface area (Å²) in [6, 6.07) is 8.86. The number of benzene rings is 1. The zero-order valence-corrected chi connectivity index (χ0v) is 16.0. The molecule has 0 saturated heterocycles. The van der Waals surface area contributed by atoms with E-state index < -0.39 is 0 Å². The maximum Gasteiger partial charge on any atom is 0.229 e. The summed E-state index contributed by atoms with van der Waals surface area (Å²) in [4.78, 5) is 23.7. The van der Waals surface area contributed by atoms with Crippen LogP contribution in [0.15, 0.2) is 42.7 Å². The lowest BCUT2D eigenvalue weighted by Crippen LogP contribution is -2.08. The number of carbonyl (C=O) groups is 1. The van der Waals surface area contributed by atoms with E-state index in [0.717, 1.165) is 5.69 Å². The number of halogens is 1. The first-order valence-electron chi connectivity index (χ1n) is 9.16. The Morgan fingerprint density at radius 2 is 2.00 bits per heavy atom. The van der Waals surface area contributed by atoms with E-state index in [-0.39, 0.29) is 17.8 Å². The van der Waals surface area contributed by atoms with E-state index in [1.807, 2.05) is 13.0 Å². The monoisotopic (exact) mass is 393 g/mol. The van der Waals surface area contributed by atoms with Crippen molar-refractivity contribution in [2.45, 2.75) is 26.3 Å². The van der Waals surface area contributed by atoms with Crippen molar-refractivity contribution >= 4 is 40.6 Å². The van der Waals surface area contributed by atoms with E-state index in [2.05, 4.69) is 36.2 Å². The Morgan fingerprint density at radius 1 is 1.14 bits per heavy atom.